The third-order valence-corrected chi connectivity index (χ3v) is 3.12. The Labute approximate surface area is 101 Å². The average molecular weight is 222 g/mol. The molecule has 0 saturated carbocycles. The molecule has 0 bridgehead atoms. The Hall–Kier alpha value is -2.09. The van der Waals surface area contributed by atoms with Gasteiger partial charge in [-0.3, -0.25) is 4.98 Å². The summed E-state index contributed by atoms with van der Waals surface area (Å²) >= 11 is 0. The number of pyridine rings is 1. The number of hydrogen-bond donors (Lipinski definition) is 1. The number of allylic oxidation sites excluding steroid dienone is 1. The van der Waals surface area contributed by atoms with E-state index in [4.69, 9.17) is 0 Å². The fourth-order valence-corrected chi connectivity index (χ4v) is 2.24. The molecule has 3 rings (SSSR count). The SMILES string of the molecule is CC1=CC(c2cccnc2)Nc2ccccc21. The van der Waals surface area contributed by atoms with Gasteiger partial charge in [-0.1, -0.05) is 30.3 Å². The number of hydrogen-bond acceptors (Lipinski definition) is 2. The summed E-state index contributed by atoms with van der Waals surface area (Å²) in [6.07, 6.45) is 5.96. The van der Waals surface area contributed by atoms with Gasteiger partial charge in [-0.05, 0) is 30.2 Å². The summed E-state index contributed by atoms with van der Waals surface area (Å²) in [5.41, 5.74) is 4.99. The quantitative estimate of drug-likeness (QED) is 0.796. The smallest absolute Gasteiger partial charge is 0.0718 e. The fourth-order valence-electron chi connectivity index (χ4n) is 2.24. The highest BCUT2D eigenvalue weighted by atomic mass is 14.9. The van der Waals surface area contributed by atoms with E-state index in [2.05, 4.69) is 53.6 Å². The summed E-state index contributed by atoms with van der Waals surface area (Å²) in [5, 5.41) is 3.53. The summed E-state index contributed by atoms with van der Waals surface area (Å²) in [5.74, 6) is 0. The average Bonchev–Trinajstić information content (AvgIpc) is 2.40. The van der Waals surface area contributed by atoms with Gasteiger partial charge in [-0.25, -0.2) is 0 Å². The van der Waals surface area contributed by atoms with Crippen molar-refractivity contribution in [2.75, 3.05) is 5.32 Å². The highest BCUT2D eigenvalue weighted by Gasteiger charge is 2.16. The van der Waals surface area contributed by atoms with Crippen molar-refractivity contribution >= 4 is 11.3 Å². The van der Waals surface area contributed by atoms with Crippen molar-refractivity contribution < 1.29 is 0 Å². The highest BCUT2D eigenvalue weighted by Crippen LogP contribution is 2.34. The third-order valence-electron chi connectivity index (χ3n) is 3.12. The summed E-state index contributed by atoms with van der Waals surface area (Å²) in [6.45, 7) is 2.16. The molecule has 2 aromatic rings. The van der Waals surface area contributed by atoms with E-state index in [1.807, 2.05) is 12.3 Å². The molecule has 1 atom stereocenters. The lowest BCUT2D eigenvalue weighted by atomic mass is 9.95. The molecule has 0 fully saturated rings. The molecule has 1 aromatic heterocycles. The zero-order valence-corrected chi connectivity index (χ0v) is 9.72. The first kappa shape index (κ1) is 10.1. The molecule has 2 heteroatoms. The van der Waals surface area contributed by atoms with Crippen LogP contribution in [0.2, 0.25) is 0 Å². The molecule has 84 valence electrons. The first-order valence-corrected chi connectivity index (χ1v) is 5.79. The standard InChI is InChI=1S/C15H14N2/c1-11-9-15(12-5-4-8-16-10-12)17-14-7-3-2-6-13(11)14/h2-10,15,17H,1H3. The molecule has 1 N–H and O–H groups in total. The maximum absolute atomic E-state index is 4.17. The molecule has 2 nitrogen and oxygen atoms in total. The van der Waals surface area contributed by atoms with E-state index in [1.54, 1.807) is 6.20 Å². The topological polar surface area (TPSA) is 24.9 Å². The molecule has 0 aliphatic carbocycles. The molecule has 1 aromatic carbocycles. The van der Waals surface area contributed by atoms with Gasteiger partial charge in [0.1, 0.15) is 0 Å². The summed E-state index contributed by atoms with van der Waals surface area (Å²) in [7, 11) is 0. The molecule has 1 unspecified atom stereocenters. The maximum Gasteiger partial charge on any atom is 0.0718 e. The molecule has 0 amide bonds. The van der Waals surface area contributed by atoms with Gasteiger partial charge >= 0.3 is 0 Å². The zero-order valence-electron chi connectivity index (χ0n) is 9.72. The van der Waals surface area contributed by atoms with E-state index < -0.39 is 0 Å². The Morgan fingerprint density at radius 3 is 2.82 bits per heavy atom. The lowest BCUT2D eigenvalue weighted by Crippen LogP contribution is -2.13. The lowest BCUT2D eigenvalue weighted by molar-refractivity contribution is 0.957. The summed E-state index contributed by atoms with van der Waals surface area (Å²) in [6, 6.07) is 12.7. The zero-order chi connectivity index (χ0) is 11.7. The number of benzene rings is 1. The van der Waals surface area contributed by atoms with E-state index in [0.717, 1.165) is 0 Å². The predicted octanol–water partition coefficient (Wildman–Crippen LogP) is 3.65. The molecule has 0 spiro atoms. The van der Waals surface area contributed by atoms with Crippen molar-refractivity contribution in [1.82, 2.24) is 4.98 Å². The second kappa shape index (κ2) is 4.06. The van der Waals surface area contributed by atoms with E-state index in [1.165, 1.54) is 22.4 Å². The Balaban J connectivity index is 2.02. The molecule has 1 aliphatic heterocycles. The van der Waals surface area contributed by atoms with Crippen molar-refractivity contribution in [1.29, 1.82) is 0 Å². The van der Waals surface area contributed by atoms with E-state index in [-0.39, 0.29) is 6.04 Å². The van der Waals surface area contributed by atoms with Crippen LogP contribution in [-0.4, -0.2) is 4.98 Å². The molecular weight excluding hydrogens is 208 g/mol. The molecule has 0 saturated heterocycles. The minimum atomic E-state index is 0.221. The molecular formula is C15H14N2. The Bertz CT molecular complexity index is 558. The fraction of sp³-hybridized carbons (Fsp3) is 0.133. The number of nitrogens with zero attached hydrogens (tertiary/aromatic N) is 1. The Morgan fingerprint density at radius 2 is 2.00 bits per heavy atom. The van der Waals surface area contributed by atoms with E-state index in [0.29, 0.717) is 0 Å². The number of nitrogens with one attached hydrogen (secondary N) is 1. The van der Waals surface area contributed by atoms with Gasteiger partial charge in [0.05, 0.1) is 6.04 Å². The first-order chi connectivity index (χ1) is 8.34. The number of para-hydroxylation sites is 1. The van der Waals surface area contributed by atoms with Crippen molar-refractivity contribution in [2.45, 2.75) is 13.0 Å². The van der Waals surface area contributed by atoms with Crippen LogP contribution in [-0.2, 0) is 0 Å². The van der Waals surface area contributed by atoms with Crippen LogP contribution in [0.4, 0.5) is 5.69 Å². The minimum Gasteiger partial charge on any atom is -0.374 e. The second-order valence-corrected chi connectivity index (χ2v) is 4.30. The summed E-state index contributed by atoms with van der Waals surface area (Å²) < 4.78 is 0. The lowest BCUT2D eigenvalue weighted by Gasteiger charge is -2.25. The van der Waals surface area contributed by atoms with Gasteiger partial charge in [-0.2, -0.15) is 0 Å². The largest absolute Gasteiger partial charge is 0.374 e. The van der Waals surface area contributed by atoms with Gasteiger partial charge in [0.2, 0.25) is 0 Å². The van der Waals surface area contributed by atoms with Crippen LogP contribution in [0.5, 0.6) is 0 Å². The highest BCUT2D eigenvalue weighted by molar-refractivity contribution is 5.79. The minimum absolute atomic E-state index is 0.221. The first-order valence-electron chi connectivity index (χ1n) is 5.79. The predicted molar refractivity (Wildman–Crippen MR) is 70.7 cm³/mol. The van der Waals surface area contributed by atoms with Crippen LogP contribution in [0.25, 0.3) is 5.57 Å². The van der Waals surface area contributed by atoms with Crippen LogP contribution in [0.1, 0.15) is 24.1 Å². The number of aromatic nitrogens is 1. The van der Waals surface area contributed by atoms with Crippen LogP contribution in [0.15, 0.2) is 54.9 Å². The summed E-state index contributed by atoms with van der Waals surface area (Å²) in [4.78, 5) is 4.17. The van der Waals surface area contributed by atoms with E-state index in [9.17, 15) is 0 Å². The third kappa shape index (κ3) is 1.82. The number of fused-ring (bicyclic) bond motifs is 1. The maximum atomic E-state index is 4.17. The van der Waals surface area contributed by atoms with Crippen molar-refractivity contribution in [3.63, 3.8) is 0 Å². The van der Waals surface area contributed by atoms with Gasteiger partial charge in [-0.15, -0.1) is 0 Å². The number of rotatable bonds is 1. The van der Waals surface area contributed by atoms with Crippen molar-refractivity contribution in [3.05, 3.63) is 66.0 Å². The van der Waals surface area contributed by atoms with Gasteiger partial charge < -0.3 is 5.32 Å². The van der Waals surface area contributed by atoms with Gasteiger partial charge in [0.25, 0.3) is 0 Å². The van der Waals surface area contributed by atoms with E-state index >= 15 is 0 Å². The van der Waals surface area contributed by atoms with Crippen LogP contribution >= 0.6 is 0 Å². The molecule has 17 heavy (non-hydrogen) atoms. The normalized spacial score (nSPS) is 17.9. The van der Waals surface area contributed by atoms with Crippen molar-refractivity contribution in [2.24, 2.45) is 0 Å². The second-order valence-electron chi connectivity index (χ2n) is 4.30. The molecule has 2 heterocycles. The van der Waals surface area contributed by atoms with Gasteiger partial charge in [0.15, 0.2) is 0 Å². The molecule has 1 aliphatic rings. The van der Waals surface area contributed by atoms with Crippen LogP contribution < -0.4 is 5.32 Å². The Morgan fingerprint density at radius 1 is 1.12 bits per heavy atom. The van der Waals surface area contributed by atoms with Crippen molar-refractivity contribution in [3.8, 4) is 0 Å². The number of anilines is 1. The molecule has 0 radical (unpaired) electrons. The Kier molecular flexibility index (Phi) is 2.41. The van der Waals surface area contributed by atoms with Gasteiger partial charge in [0, 0.05) is 23.6 Å². The van der Waals surface area contributed by atoms with Crippen LogP contribution in [0, 0.1) is 0 Å². The monoisotopic (exact) mass is 222 g/mol. The van der Waals surface area contributed by atoms with Crippen LogP contribution in [0.3, 0.4) is 0 Å².